The largest absolute Gasteiger partial charge is 0.297 e. The molecule has 0 radical (unpaired) electrons. The molecule has 0 aromatic heterocycles. The maximum atomic E-state index is 5.98. The van der Waals surface area contributed by atoms with E-state index >= 15 is 0 Å². The summed E-state index contributed by atoms with van der Waals surface area (Å²) < 4.78 is 0. The summed E-state index contributed by atoms with van der Waals surface area (Å²) in [7, 11) is 0. The fourth-order valence-electron chi connectivity index (χ4n) is 4.27. The smallest absolute Gasteiger partial charge is 0.0420 e. The van der Waals surface area contributed by atoms with Crippen LogP contribution in [0.4, 0.5) is 0 Å². The van der Waals surface area contributed by atoms with Crippen LogP contribution in [0, 0.1) is 11.8 Å². The first kappa shape index (κ1) is 16.9. The van der Waals surface area contributed by atoms with Gasteiger partial charge in [0.15, 0.2) is 0 Å². The van der Waals surface area contributed by atoms with Crippen molar-refractivity contribution in [3.05, 3.63) is 0 Å². The molecule has 1 aliphatic carbocycles. The summed E-state index contributed by atoms with van der Waals surface area (Å²) in [5, 5.41) is 0. The van der Waals surface area contributed by atoms with Crippen molar-refractivity contribution in [3.63, 3.8) is 0 Å². The highest BCUT2D eigenvalue weighted by Crippen LogP contribution is 2.38. The number of hydrogen-bond acceptors (Lipinski definition) is 3. The third-order valence-electron chi connectivity index (χ3n) is 5.44. The Balaban J connectivity index is 2.90. The third-order valence-corrected chi connectivity index (χ3v) is 5.44. The summed E-state index contributed by atoms with van der Waals surface area (Å²) in [4.78, 5) is 2.54. The fourth-order valence-corrected chi connectivity index (χ4v) is 4.27. The van der Waals surface area contributed by atoms with Crippen molar-refractivity contribution in [2.24, 2.45) is 17.7 Å². The predicted molar refractivity (Wildman–Crippen MR) is 83.9 cm³/mol. The van der Waals surface area contributed by atoms with Gasteiger partial charge in [-0.3, -0.25) is 16.2 Å². The number of rotatable bonds is 7. The van der Waals surface area contributed by atoms with Crippen LogP contribution in [0.25, 0.3) is 0 Å². The van der Waals surface area contributed by atoms with Gasteiger partial charge in [-0.15, -0.1) is 0 Å². The van der Waals surface area contributed by atoms with E-state index in [4.69, 9.17) is 5.84 Å². The van der Waals surface area contributed by atoms with Crippen LogP contribution in [0.3, 0.4) is 0 Å². The van der Waals surface area contributed by atoms with Crippen molar-refractivity contribution in [1.29, 1.82) is 0 Å². The highest BCUT2D eigenvalue weighted by molar-refractivity contribution is 4.98. The summed E-state index contributed by atoms with van der Waals surface area (Å²) >= 11 is 0. The Hall–Kier alpha value is -0.120. The normalized spacial score (nSPS) is 26.7. The molecule has 114 valence electrons. The minimum absolute atomic E-state index is 0.119. The molecule has 19 heavy (non-hydrogen) atoms. The number of nitrogens with one attached hydrogen (secondary N) is 1. The van der Waals surface area contributed by atoms with Crippen molar-refractivity contribution in [2.75, 3.05) is 13.1 Å². The molecular formula is C16H35N3. The van der Waals surface area contributed by atoms with Crippen LogP contribution in [-0.4, -0.2) is 29.6 Å². The summed E-state index contributed by atoms with van der Waals surface area (Å²) in [6, 6.07) is 0.387. The van der Waals surface area contributed by atoms with E-state index in [1.54, 1.807) is 0 Å². The minimum atomic E-state index is 0.119. The Bertz CT molecular complexity index is 248. The molecule has 0 amide bonds. The quantitative estimate of drug-likeness (QED) is 0.551. The van der Waals surface area contributed by atoms with E-state index in [2.05, 4.69) is 44.9 Å². The van der Waals surface area contributed by atoms with Crippen LogP contribution in [0.2, 0.25) is 0 Å². The first-order valence-corrected chi connectivity index (χ1v) is 8.23. The van der Waals surface area contributed by atoms with Gasteiger partial charge in [0.25, 0.3) is 0 Å². The lowest BCUT2D eigenvalue weighted by Crippen LogP contribution is -2.63. The highest BCUT2D eigenvalue weighted by Gasteiger charge is 2.41. The molecule has 1 rings (SSSR count). The van der Waals surface area contributed by atoms with E-state index in [-0.39, 0.29) is 5.54 Å². The van der Waals surface area contributed by atoms with E-state index < -0.39 is 0 Å². The van der Waals surface area contributed by atoms with Gasteiger partial charge in [-0.1, -0.05) is 46.5 Å². The topological polar surface area (TPSA) is 41.3 Å². The maximum absolute atomic E-state index is 5.98. The van der Waals surface area contributed by atoms with Crippen LogP contribution < -0.4 is 11.3 Å². The van der Waals surface area contributed by atoms with Crippen molar-refractivity contribution < 1.29 is 0 Å². The third kappa shape index (κ3) is 3.71. The summed E-state index contributed by atoms with van der Waals surface area (Å²) in [5.41, 5.74) is 3.30. The molecule has 1 fully saturated rings. The van der Waals surface area contributed by atoms with Crippen molar-refractivity contribution in [2.45, 2.75) is 78.3 Å². The van der Waals surface area contributed by atoms with E-state index in [1.807, 2.05) is 0 Å². The van der Waals surface area contributed by atoms with Crippen LogP contribution in [0.5, 0.6) is 0 Å². The van der Waals surface area contributed by atoms with Crippen LogP contribution in [-0.2, 0) is 0 Å². The van der Waals surface area contributed by atoms with E-state index in [1.165, 1.54) is 32.1 Å². The number of nitrogens with two attached hydrogens (primary N) is 1. The van der Waals surface area contributed by atoms with Crippen molar-refractivity contribution in [1.82, 2.24) is 10.3 Å². The first-order valence-electron chi connectivity index (χ1n) is 8.23. The molecule has 1 aliphatic rings. The Morgan fingerprint density at radius 1 is 1.16 bits per heavy atom. The zero-order chi connectivity index (χ0) is 14.5. The fraction of sp³-hybridized carbons (Fsp3) is 1.00. The molecule has 0 aromatic carbocycles. The molecule has 3 unspecified atom stereocenters. The molecule has 3 atom stereocenters. The van der Waals surface area contributed by atoms with Gasteiger partial charge in [0.1, 0.15) is 0 Å². The molecular weight excluding hydrogens is 234 g/mol. The molecule has 0 aromatic rings. The number of hydrogen-bond donors (Lipinski definition) is 2. The number of likely N-dealkylation sites (N-methyl/N-ethyl adjacent to an activating group) is 1. The molecule has 3 nitrogen and oxygen atoms in total. The lowest BCUT2D eigenvalue weighted by atomic mass is 9.69. The lowest BCUT2D eigenvalue weighted by molar-refractivity contribution is 0.0338. The average molecular weight is 269 g/mol. The zero-order valence-corrected chi connectivity index (χ0v) is 13.7. The van der Waals surface area contributed by atoms with Gasteiger partial charge in [0, 0.05) is 11.6 Å². The molecule has 0 spiro atoms. The monoisotopic (exact) mass is 269 g/mol. The van der Waals surface area contributed by atoms with Crippen LogP contribution in [0.1, 0.15) is 66.7 Å². The van der Waals surface area contributed by atoms with Crippen molar-refractivity contribution in [3.8, 4) is 0 Å². The van der Waals surface area contributed by atoms with E-state index in [0.717, 1.165) is 24.9 Å². The Morgan fingerprint density at radius 2 is 1.74 bits per heavy atom. The van der Waals surface area contributed by atoms with Crippen molar-refractivity contribution >= 4 is 0 Å². The second kappa shape index (κ2) is 7.61. The second-order valence-electron chi connectivity index (χ2n) is 6.59. The van der Waals surface area contributed by atoms with Crippen LogP contribution in [0.15, 0.2) is 0 Å². The number of nitrogens with zero attached hydrogens (tertiary/aromatic N) is 1. The van der Waals surface area contributed by atoms with Gasteiger partial charge in [-0.25, -0.2) is 0 Å². The van der Waals surface area contributed by atoms with E-state index in [0.29, 0.717) is 6.04 Å². The van der Waals surface area contributed by atoms with Gasteiger partial charge < -0.3 is 0 Å². The summed E-state index contributed by atoms with van der Waals surface area (Å²) in [5.74, 6) is 7.54. The minimum Gasteiger partial charge on any atom is -0.297 e. The lowest BCUT2D eigenvalue weighted by Gasteiger charge is -2.49. The zero-order valence-electron chi connectivity index (χ0n) is 13.7. The Kier molecular flexibility index (Phi) is 6.78. The van der Waals surface area contributed by atoms with Gasteiger partial charge >= 0.3 is 0 Å². The Labute approximate surface area is 120 Å². The van der Waals surface area contributed by atoms with Gasteiger partial charge in [-0.05, 0) is 45.2 Å². The molecule has 1 saturated carbocycles. The standard InChI is InChI=1S/C16H35N3/c1-6-13-11-9-10-12-14(13)15(18-17)16(4,5)19(7-2)8-3/h13-15,18H,6-12,17H2,1-5H3. The van der Waals surface area contributed by atoms with Crippen LogP contribution >= 0.6 is 0 Å². The van der Waals surface area contributed by atoms with Gasteiger partial charge in [0.05, 0.1) is 0 Å². The predicted octanol–water partition coefficient (Wildman–Crippen LogP) is 3.16. The Morgan fingerprint density at radius 3 is 2.21 bits per heavy atom. The average Bonchev–Trinajstić information content (AvgIpc) is 2.40. The SMILES string of the molecule is CCC1CCCCC1C(NN)C(C)(C)N(CC)CC. The summed E-state index contributed by atoms with van der Waals surface area (Å²) in [6.45, 7) is 13.7. The van der Waals surface area contributed by atoms with Gasteiger partial charge in [0.2, 0.25) is 0 Å². The second-order valence-corrected chi connectivity index (χ2v) is 6.59. The van der Waals surface area contributed by atoms with Gasteiger partial charge in [-0.2, -0.15) is 0 Å². The molecule has 3 N–H and O–H groups in total. The molecule has 0 bridgehead atoms. The van der Waals surface area contributed by atoms with E-state index in [9.17, 15) is 0 Å². The molecule has 0 saturated heterocycles. The molecule has 0 aliphatic heterocycles. The maximum Gasteiger partial charge on any atom is 0.0420 e. The summed E-state index contributed by atoms with van der Waals surface area (Å²) in [6.07, 6.45) is 6.77. The first-order chi connectivity index (χ1) is 9.02. The number of hydrazine groups is 1. The molecule has 0 heterocycles. The molecule has 3 heteroatoms. The highest BCUT2D eigenvalue weighted by atomic mass is 15.3.